The first-order chi connectivity index (χ1) is 15.9. The van der Waals surface area contributed by atoms with Crippen LogP contribution in [0.5, 0.6) is 0 Å². The average Bonchev–Trinajstić information content (AvgIpc) is 3.24. The van der Waals surface area contributed by atoms with Crippen molar-refractivity contribution in [3.8, 4) is 33.4 Å². The number of hydrogen-bond donors (Lipinski definition) is 0. The summed E-state index contributed by atoms with van der Waals surface area (Å²) < 4.78 is 0. The van der Waals surface area contributed by atoms with E-state index in [-0.39, 0.29) is 10.8 Å². The second kappa shape index (κ2) is 6.94. The Morgan fingerprint density at radius 1 is 0.545 bits per heavy atom. The Morgan fingerprint density at radius 3 is 1.73 bits per heavy atom. The Kier molecular flexibility index (Phi) is 4.31. The highest BCUT2D eigenvalue weighted by atomic mass is 14.4. The zero-order valence-electron chi connectivity index (χ0n) is 20.4. The second-order valence-corrected chi connectivity index (χ2v) is 10.5. The van der Waals surface area contributed by atoms with E-state index in [1.807, 2.05) is 0 Å². The first kappa shape index (κ1) is 20.5. The van der Waals surface area contributed by atoms with Crippen molar-refractivity contribution >= 4 is 0 Å². The highest BCUT2D eigenvalue weighted by Gasteiger charge is 2.40. The molecule has 0 heteroatoms. The third kappa shape index (κ3) is 2.64. The predicted molar refractivity (Wildman–Crippen MR) is 141 cm³/mol. The van der Waals surface area contributed by atoms with Gasteiger partial charge in [0.05, 0.1) is 0 Å². The van der Waals surface area contributed by atoms with E-state index in [1.165, 1.54) is 61.2 Å². The van der Waals surface area contributed by atoms with Crippen LogP contribution < -0.4 is 0 Å². The van der Waals surface area contributed by atoms with Gasteiger partial charge in [-0.25, -0.2) is 0 Å². The van der Waals surface area contributed by atoms with Crippen LogP contribution in [0.1, 0.15) is 68.4 Å². The molecular formula is C33H32. The maximum Gasteiger partial charge on any atom is 0.0210 e. The molecule has 4 aromatic rings. The van der Waals surface area contributed by atoms with Crippen LogP contribution in [0.4, 0.5) is 0 Å². The first-order valence-corrected chi connectivity index (χ1v) is 12.4. The molecule has 6 rings (SSSR count). The quantitative estimate of drug-likeness (QED) is 0.305. The van der Waals surface area contributed by atoms with E-state index in [2.05, 4.69) is 113 Å². The molecule has 0 spiro atoms. The Bertz CT molecular complexity index is 1410. The molecule has 33 heavy (non-hydrogen) atoms. The molecular weight excluding hydrogens is 396 g/mol. The van der Waals surface area contributed by atoms with Crippen LogP contribution in [0.3, 0.4) is 0 Å². The van der Waals surface area contributed by atoms with Crippen LogP contribution in [0, 0.1) is 6.92 Å². The number of aryl methyl sites for hydroxylation is 1. The molecule has 164 valence electrons. The van der Waals surface area contributed by atoms with E-state index in [1.54, 1.807) is 0 Å². The number of fused-ring (bicyclic) bond motifs is 6. The number of benzene rings is 4. The SMILES string of the molecule is CCC1(CC)c2ccccc2-c2ccc(-c3ccc4c(c3)C(C)(C)c3cc(C)ccc3-4)cc21. The molecule has 0 fully saturated rings. The molecule has 0 aromatic heterocycles. The standard InChI is InChI=1S/C33H32/c1-6-33(7-2)28-11-9-8-10-24(28)27-17-14-23(20-31(27)33)22-13-16-26-25-15-12-21(3)18-29(25)32(4,5)30(26)19-22/h8-20H,6-7H2,1-5H3. The summed E-state index contributed by atoms with van der Waals surface area (Å²) in [6.07, 6.45) is 2.26. The average molecular weight is 429 g/mol. The molecule has 0 N–H and O–H groups in total. The molecule has 0 amide bonds. The zero-order chi connectivity index (χ0) is 23.0. The van der Waals surface area contributed by atoms with Gasteiger partial charge in [-0.2, -0.15) is 0 Å². The van der Waals surface area contributed by atoms with Crippen LogP contribution in [-0.2, 0) is 10.8 Å². The van der Waals surface area contributed by atoms with Gasteiger partial charge in [0.25, 0.3) is 0 Å². The van der Waals surface area contributed by atoms with Gasteiger partial charge in [0.15, 0.2) is 0 Å². The van der Waals surface area contributed by atoms with Gasteiger partial charge in [-0.3, -0.25) is 0 Å². The lowest BCUT2D eigenvalue weighted by atomic mass is 9.73. The van der Waals surface area contributed by atoms with Gasteiger partial charge in [-0.05, 0) is 87.5 Å². The molecule has 4 aromatic carbocycles. The molecule has 0 nitrogen and oxygen atoms in total. The molecule has 0 unspecified atom stereocenters. The Balaban J connectivity index is 1.51. The summed E-state index contributed by atoms with van der Waals surface area (Å²) in [5, 5.41) is 0. The van der Waals surface area contributed by atoms with Crippen molar-refractivity contribution in [2.75, 3.05) is 0 Å². The van der Waals surface area contributed by atoms with Gasteiger partial charge in [0, 0.05) is 10.8 Å². The molecule has 2 aliphatic carbocycles. The van der Waals surface area contributed by atoms with E-state index in [0.717, 1.165) is 12.8 Å². The van der Waals surface area contributed by atoms with Crippen LogP contribution in [0.15, 0.2) is 78.9 Å². The Hall–Kier alpha value is -3.12. The maximum atomic E-state index is 2.49. The third-order valence-electron chi connectivity index (χ3n) is 8.64. The van der Waals surface area contributed by atoms with Crippen molar-refractivity contribution in [1.29, 1.82) is 0 Å². The van der Waals surface area contributed by atoms with Crippen molar-refractivity contribution in [2.24, 2.45) is 0 Å². The maximum absolute atomic E-state index is 2.49. The van der Waals surface area contributed by atoms with Crippen LogP contribution >= 0.6 is 0 Å². The summed E-state index contributed by atoms with van der Waals surface area (Å²) in [6.45, 7) is 11.6. The van der Waals surface area contributed by atoms with Crippen LogP contribution in [0.25, 0.3) is 33.4 Å². The van der Waals surface area contributed by atoms with Crippen LogP contribution in [-0.4, -0.2) is 0 Å². The summed E-state index contributed by atoms with van der Waals surface area (Å²) in [5.41, 5.74) is 15.7. The summed E-state index contributed by atoms with van der Waals surface area (Å²) in [5.74, 6) is 0. The van der Waals surface area contributed by atoms with Gasteiger partial charge in [-0.1, -0.05) is 100.0 Å². The summed E-state index contributed by atoms with van der Waals surface area (Å²) in [7, 11) is 0. The van der Waals surface area contributed by atoms with Crippen molar-refractivity contribution in [1.82, 2.24) is 0 Å². The summed E-state index contributed by atoms with van der Waals surface area (Å²) in [6, 6.07) is 30.3. The smallest absolute Gasteiger partial charge is 0.0210 e. The van der Waals surface area contributed by atoms with Crippen molar-refractivity contribution in [2.45, 2.75) is 58.3 Å². The molecule has 0 aliphatic heterocycles. The minimum Gasteiger partial charge on any atom is -0.0642 e. The van der Waals surface area contributed by atoms with E-state index in [0.29, 0.717) is 0 Å². The minimum atomic E-state index is 0.0241. The fourth-order valence-corrected chi connectivity index (χ4v) is 6.68. The third-order valence-corrected chi connectivity index (χ3v) is 8.64. The molecule has 0 bridgehead atoms. The lowest BCUT2D eigenvalue weighted by molar-refractivity contribution is 0.490. The second-order valence-electron chi connectivity index (χ2n) is 10.5. The van der Waals surface area contributed by atoms with Crippen molar-refractivity contribution in [3.05, 3.63) is 107 Å². The van der Waals surface area contributed by atoms with Crippen molar-refractivity contribution in [3.63, 3.8) is 0 Å². The van der Waals surface area contributed by atoms with Gasteiger partial charge < -0.3 is 0 Å². The molecule has 0 saturated heterocycles. The molecule has 0 saturated carbocycles. The van der Waals surface area contributed by atoms with Gasteiger partial charge in [0.2, 0.25) is 0 Å². The van der Waals surface area contributed by atoms with E-state index >= 15 is 0 Å². The van der Waals surface area contributed by atoms with E-state index in [4.69, 9.17) is 0 Å². The molecule has 0 radical (unpaired) electrons. The number of rotatable bonds is 3. The lowest BCUT2D eigenvalue weighted by Gasteiger charge is -2.30. The monoisotopic (exact) mass is 428 g/mol. The number of hydrogen-bond acceptors (Lipinski definition) is 0. The lowest BCUT2D eigenvalue weighted by Crippen LogP contribution is -2.23. The fourth-order valence-electron chi connectivity index (χ4n) is 6.68. The summed E-state index contributed by atoms with van der Waals surface area (Å²) >= 11 is 0. The molecule has 2 aliphatic rings. The predicted octanol–water partition coefficient (Wildman–Crippen LogP) is 9.05. The van der Waals surface area contributed by atoms with E-state index in [9.17, 15) is 0 Å². The van der Waals surface area contributed by atoms with Gasteiger partial charge >= 0.3 is 0 Å². The Labute approximate surface area is 198 Å². The van der Waals surface area contributed by atoms with E-state index < -0.39 is 0 Å². The highest BCUT2D eigenvalue weighted by molar-refractivity contribution is 5.86. The Morgan fingerprint density at radius 2 is 1.06 bits per heavy atom. The minimum absolute atomic E-state index is 0.0241. The van der Waals surface area contributed by atoms with Gasteiger partial charge in [-0.15, -0.1) is 0 Å². The largest absolute Gasteiger partial charge is 0.0642 e. The molecule has 0 heterocycles. The topological polar surface area (TPSA) is 0 Å². The summed E-state index contributed by atoms with van der Waals surface area (Å²) in [4.78, 5) is 0. The molecule has 0 atom stereocenters. The first-order valence-electron chi connectivity index (χ1n) is 12.4. The zero-order valence-corrected chi connectivity index (χ0v) is 20.4. The van der Waals surface area contributed by atoms with Gasteiger partial charge in [0.1, 0.15) is 0 Å². The highest BCUT2D eigenvalue weighted by Crippen LogP contribution is 2.54. The fraction of sp³-hybridized carbons (Fsp3) is 0.273. The normalized spacial score (nSPS) is 16.2. The van der Waals surface area contributed by atoms with Crippen LogP contribution in [0.2, 0.25) is 0 Å². The van der Waals surface area contributed by atoms with Crippen molar-refractivity contribution < 1.29 is 0 Å².